The zero-order valence-corrected chi connectivity index (χ0v) is 14.3. The average Bonchev–Trinajstić information content (AvgIpc) is 2.64. The predicted molar refractivity (Wildman–Crippen MR) is 98.7 cm³/mol. The second-order valence-electron chi connectivity index (χ2n) is 5.89. The Morgan fingerprint density at radius 2 is 1.17 bits per heavy atom. The normalized spacial score (nSPS) is 11.9. The SMILES string of the molecule is C=CCCCCCC.O=C1c2ccccc2C(=O)c2ccccc21. The van der Waals surface area contributed by atoms with Crippen molar-refractivity contribution in [1.29, 1.82) is 0 Å². The van der Waals surface area contributed by atoms with Gasteiger partial charge in [-0.3, -0.25) is 9.59 Å². The second kappa shape index (κ2) is 8.97. The highest BCUT2D eigenvalue weighted by molar-refractivity contribution is 6.28. The third kappa shape index (κ3) is 4.08. The molecule has 124 valence electrons. The van der Waals surface area contributed by atoms with Gasteiger partial charge in [0.05, 0.1) is 0 Å². The van der Waals surface area contributed by atoms with Crippen LogP contribution in [0.2, 0.25) is 0 Å². The molecular formula is C22H24O2. The monoisotopic (exact) mass is 320 g/mol. The molecule has 2 aromatic rings. The van der Waals surface area contributed by atoms with Crippen LogP contribution in [0, 0.1) is 0 Å². The largest absolute Gasteiger partial charge is 0.289 e. The lowest BCUT2D eigenvalue weighted by Crippen LogP contribution is -2.20. The average molecular weight is 320 g/mol. The molecule has 2 nitrogen and oxygen atoms in total. The van der Waals surface area contributed by atoms with E-state index in [-0.39, 0.29) is 11.6 Å². The van der Waals surface area contributed by atoms with Crippen molar-refractivity contribution in [3.63, 3.8) is 0 Å². The molecule has 0 N–H and O–H groups in total. The summed E-state index contributed by atoms with van der Waals surface area (Å²) in [6.45, 7) is 5.89. The van der Waals surface area contributed by atoms with Gasteiger partial charge in [0.15, 0.2) is 11.6 Å². The molecule has 0 fully saturated rings. The Kier molecular flexibility index (Phi) is 6.68. The quantitative estimate of drug-likeness (QED) is 0.452. The third-order valence-electron chi connectivity index (χ3n) is 4.09. The van der Waals surface area contributed by atoms with Gasteiger partial charge in [0.1, 0.15) is 0 Å². The van der Waals surface area contributed by atoms with Crippen LogP contribution in [-0.4, -0.2) is 11.6 Å². The summed E-state index contributed by atoms with van der Waals surface area (Å²) in [4.78, 5) is 24.2. The Morgan fingerprint density at radius 1 is 0.750 bits per heavy atom. The molecule has 2 aromatic carbocycles. The van der Waals surface area contributed by atoms with Crippen molar-refractivity contribution in [2.45, 2.75) is 39.0 Å². The van der Waals surface area contributed by atoms with Gasteiger partial charge in [-0.15, -0.1) is 6.58 Å². The molecule has 0 spiro atoms. The molecule has 1 aliphatic rings. The first-order valence-electron chi connectivity index (χ1n) is 8.59. The van der Waals surface area contributed by atoms with Crippen molar-refractivity contribution < 1.29 is 9.59 Å². The zero-order chi connectivity index (χ0) is 17.4. The molecule has 0 aliphatic heterocycles. The Labute approximate surface area is 144 Å². The van der Waals surface area contributed by atoms with Crippen LogP contribution in [0.4, 0.5) is 0 Å². The number of hydrogen-bond acceptors (Lipinski definition) is 2. The van der Waals surface area contributed by atoms with E-state index < -0.39 is 0 Å². The van der Waals surface area contributed by atoms with Crippen molar-refractivity contribution in [1.82, 2.24) is 0 Å². The standard InChI is InChI=1S/C14H8O2.C8H16/c15-13-9-5-1-2-6-10(9)14(16)12-8-4-3-7-11(12)13;1-3-5-7-8-6-4-2/h1-8H;3H,1,4-8H2,2H3. The van der Waals surface area contributed by atoms with Crippen molar-refractivity contribution in [2.75, 3.05) is 0 Å². The first-order valence-corrected chi connectivity index (χ1v) is 8.59. The molecule has 24 heavy (non-hydrogen) atoms. The summed E-state index contributed by atoms with van der Waals surface area (Å²) < 4.78 is 0. The van der Waals surface area contributed by atoms with E-state index in [1.807, 2.05) is 6.08 Å². The molecule has 0 bridgehead atoms. The van der Waals surface area contributed by atoms with Gasteiger partial charge in [-0.2, -0.15) is 0 Å². The smallest absolute Gasteiger partial charge is 0.194 e. The summed E-state index contributed by atoms with van der Waals surface area (Å²) in [7, 11) is 0. The molecule has 0 heterocycles. The topological polar surface area (TPSA) is 34.1 Å². The number of ketones is 2. The molecular weight excluding hydrogens is 296 g/mol. The van der Waals surface area contributed by atoms with E-state index >= 15 is 0 Å². The fourth-order valence-electron chi connectivity index (χ4n) is 2.76. The lowest BCUT2D eigenvalue weighted by Gasteiger charge is -2.16. The Morgan fingerprint density at radius 3 is 1.50 bits per heavy atom. The minimum Gasteiger partial charge on any atom is -0.289 e. The summed E-state index contributed by atoms with van der Waals surface area (Å²) in [5.74, 6) is -0.128. The lowest BCUT2D eigenvalue weighted by molar-refractivity contribution is 0.0979. The number of carbonyl (C=O) groups excluding carboxylic acids is 2. The van der Waals surface area contributed by atoms with Crippen LogP contribution in [0.15, 0.2) is 61.2 Å². The summed E-state index contributed by atoms with van der Waals surface area (Å²) in [5.41, 5.74) is 2.02. The number of carbonyl (C=O) groups is 2. The van der Waals surface area contributed by atoms with E-state index in [0.717, 1.165) is 0 Å². The Hall–Kier alpha value is -2.48. The number of rotatable bonds is 5. The highest BCUT2D eigenvalue weighted by Gasteiger charge is 2.28. The molecule has 0 aromatic heterocycles. The zero-order valence-electron chi connectivity index (χ0n) is 14.3. The van der Waals surface area contributed by atoms with Gasteiger partial charge in [-0.1, -0.05) is 80.8 Å². The Balaban J connectivity index is 0.000000224. The maximum atomic E-state index is 12.1. The first-order chi connectivity index (χ1) is 11.7. The predicted octanol–water partition coefficient (Wildman–Crippen LogP) is 5.60. The third-order valence-corrected chi connectivity index (χ3v) is 4.09. The van der Waals surface area contributed by atoms with Gasteiger partial charge in [0, 0.05) is 22.3 Å². The fourth-order valence-corrected chi connectivity index (χ4v) is 2.76. The van der Waals surface area contributed by atoms with E-state index in [1.165, 1.54) is 32.1 Å². The summed E-state index contributed by atoms with van der Waals surface area (Å²) in [6.07, 6.45) is 8.61. The number of hydrogen-bond donors (Lipinski definition) is 0. The molecule has 0 saturated heterocycles. The van der Waals surface area contributed by atoms with Crippen LogP contribution in [0.1, 0.15) is 70.9 Å². The van der Waals surface area contributed by atoms with Gasteiger partial charge >= 0.3 is 0 Å². The maximum absolute atomic E-state index is 12.1. The van der Waals surface area contributed by atoms with Crippen LogP contribution >= 0.6 is 0 Å². The van der Waals surface area contributed by atoms with Crippen LogP contribution in [0.5, 0.6) is 0 Å². The van der Waals surface area contributed by atoms with Gasteiger partial charge < -0.3 is 0 Å². The molecule has 0 atom stereocenters. The minimum atomic E-state index is -0.0641. The fraction of sp³-hybridized carbons (Fsp3) is 0.273. The van der Waals surface area contributed by atoms with Crippen molar-refractivity contribution in [3.05, 3.63) is 83.4 Å². The molecule has 0 radical (unpaired) electrons. The Bertz CT molecular complexity index is 623. The van der Waals surface area contributed by atoms with E-state index in [0.29, 0.717) is 22.3 Å². The summed E-state index contributed by atoms with van der Waals surface area (Å²) >= 11 is 0. The van der Waals surface area contributed by atoms with Crippen LogP contribution in [-0.2, 0) is 0 Å². The van der Waals surface area contributed by atoms with Gasteiger partial charge in [0.25, 0.3) is 0 Å². The molecule has 2 heteroatoms. The van der Waals surface area contributed by atoms with E-state index in [4.69, 9.17) is 0 Å². The van der Waals surface area contributed by atoms with Crippen LogP contribution in [0.3, 0.4) is 0 Å². The molecule has 3 rings (SSSR count). The van der Waals surface area contributed by atoms with Gasteiger partial charge in [-0.05, 0) is 12.8 Å². The van der Waals surface area contributed by atoms with Crippen LogP contribution < -0.4 is 0 Å². The van der Waals surface area contributed by atoms with Crippen molar-refractivity contribution >= 4 is 11.6 Å². The summed E-state index contributed by atoms with van der Waals surface area (Å²) in [6, 6.07) is 13.9. The van der Waals surface area contributed by atoms with Crippen molar-refractivity contribution in [3.8, 4) is 0 Å². The molecule has 0 unspecified atom stereocenters. The number of allylic oxidation sites excluding steroid dienone is 1. The molecule has 0 saturated carbocycles. The van der Waals surface area contributed by atoms with E-state index in [1.54, 1.807) is 48.5 Å². The number of fused-ring (bicyclic) bond motifs is 2. The van der Waals surface area contributed by atoms with Gasteiger partial charge in [-0.25, -0.2) is 0 Å². The first kappa shape index (κ1) is 17.9. The highest BCUT2D eigenvalue weighted by Crippen LogP contribution is 2.26. The van der Waals surface area contributed by atoms with Crippen molar-refractivity contribution in [2.24, 2.45) is 0 Å². The second-order valence-corrected chi connectivity index (χ2v) is 5.89. The molecule has 0 amide bonds. The number of unbranched alkanes of at least 4 members (excludes halogenated alkanes) is 4. The lowest BCUT2D eigenvalue weighted by atomic mass is 9.84. The number of benzene rings is 2. The van der Waals surface area contributed by atoms with E-state index in [2.05, 4.69) is 13.5 Å². The maximum Gasteiger partial charge on any atom is 0.194 e. The van der Waals surface area contributed by atoms with Crippen LogP contribution in [0.25, 0.3) is 0 Å². The minimum absolute atomic E-state index is 0.0641. The highest BCUT2D eigenvalue weighted by atomic mass is 16.1. The van der Waals surface area contributed by atoms with Gasteiger partial charge in [0.2, 0.25) is 0 Å². The molecule has 1 aliphatic carbocycles. The van der Waals surface area contributed by atoms with E-state index in [9.17, 15) is 9.59 Å². The summed E-state index contributed by atoms with van der Waals surface area (Å²) in [5, 5.41) is 0.